The molecule has 0 saturated heterocycles. The Labute approximate surface area is 200 Å². The number of hydrogen-bond donors (Lipinski definition) is 4. The Morgan fingerprint density at radius 2 is 1.53 bits per heavy atom. The number of rotatable bonds is 4. The van der Waals surface area contributed by atoms with Crippen molar-refractivity contribution in [2.24, 2.45) is 10.2 Å². The molecule has 0 atom stereocenters. The molecule has 3 aromatic carbocycles. The summed E-state index contributed by atoms with van der Waals surface area (Å²) in [7, 11) is -4.65. The van der Waals surface area contributed by atoms with Crippen LogP contribution in [0, 0.1) is 0 Å². The lowest BCUT2D eigenvalue weighted by molar-refractivity contribution is -0.114. The van der Waals surface area contributed by atoms with Gasteiger partial charge in [0.15, 0.2) is 11.5 Å². The molecule has 0 aliphatic heterocycles. The SMILES string of the molecule is CC(=O)Nc1ccc(S(=O)(=O)O)c2ccc(N=Nc3c(O)c(Cl)c(Cl)c(Cl)c3Cl)c(O)c12. The van der Waals surface area contributed by atoms with Crippen molar-refractivity contribution in [2.45, 2.75) is 11.8 Å². The van der Waals surface area contributed by atoms with Crippen LogP contribution in [0.5, 0.6) is 11.5 Å². The minimum Gasteiger partial charge on any atom is -0.505 e. The van der Waals surface area contributed by atoms with Crippen molar-refractivity contribution in [1.29, 1.82) is 0 Å². The molecule has 0 radical (unpaired) electrons. The summed E-state index contributed by atoms with van der Waals surface area (Å²) in [6.07, 6.45) is 0. The van der Waals surface area contributed by atoms with E-state index in [9.17, 15) is 28.0 Å². The second-order valence-electron chi connectivity index (χ2n) is 6.28. The van der Waals surface area contributed by atoms with Gasteiger partial charge in [0.25, 0.3) is 10.1 Å². The lowest BCUT2D eigenvalue weighted by Crippen LogP contribution is -2.07. The van der Waals surface area contributed by atoms with Gasteiger partial charge < -0.3 is 15.5 Å². The van der Waals surface area contributed by atoms with Crippen molar-refractivity contribution < 1.29 is 28.0 Å². The van der Waals surface area contributed by atoms with Crippen LogP contribution in [0.2, 0.25) is 20.1 Å². The number of nitrogens with one attached hydrogen (secondary N) is 1. The Hall–Kier alpha value is -2.34. The number of carbonyl (C=O) groups is 1. The van der Waals surface area contributed by atoms with Gasteiger partial charge in [0.2, 0.25) is 5.91 Å². The number of azo groups is 1. The summed E-state index contributed by atoms with van der Waals surface area (Å²) in [6.45, 7) is 1.21. The van der Waals surface area contributed by atoms with Crippen LogP contribution in [0.4, 0.5) is 17.1 Å². The predicted octanol–water partition coefficient (Wildman–Crippen LogP) is 6.49. The van der Waals surface area contributed by atoms with Crippen LogP contribution in [-0.2, 0) is 14.9 Å². The van der Waals surface area contributed by atoms with E-state index in [2.05, 4.69) is 15.5 Å². The molecular formula is C18H11Cl4N3O6S. The number of fused-ring (bicyclic) bond motifs is 1. The van der Waals surface area contributed by atoms with Crippen molar-refractivity contribution in [3.05, 3.63) is 44.4 Å². The molecule has 0 heterocycles. The quantitative estimate of drug-likeness (QED) is 0.129. The summed E-state index contributed by atoms with van der Waals surface area (Å²) >= 11 is 23.7. The maximum atomic E-state index is 11.7. The minimum atomic E-state index is -4.65. The van der Waals surface area contributed by atoms with Crippen molar-refractivity contribution >= 4 is 90.3 Å². The molecule has 9 nitrogen and oxygen atoms in total. The molecule has 1 amide bonds. The van der Waals surface area contributed by atoms with Crippen LogP contribution >= 0.6 is 46.4 Å². The van der Waals surface area contributed by atoms with E-state index < -0.39 is 32.4 Å². The molecule has 0 unspecified atom stereocenters. The summed E-state index contributed by atoms with van der Waals surface area (Å²) in [5.74, 6) is -1.69. The van der Waals surface area contributed by atoms with Crippen LogP contribution < -0.4 is 5.32 Å². The first kappa shape index (κ1) is 24.3. The normalized spacial score (nSPS) is 11.9. The van der Waals surface area contributed by atoms with Gasteiger partial charge in [-0.05, 0) is 18.2 Å². The fourth-order valence-electron chi connectivity index (χ4n) is 2.79. The molecule has 168 valence electrons. The molecular weight excluding hydrogens is 528 g/mol. The Bertz CT molecular complexity index is 1400. The van der Waals surface area contributed by atoms with Crippen LogP contribution in [0.1, 0.15) is 6.92 Å². The summed E-state index contributed by atoms with van der Waals surface area (Å²) in [4.78, 5) is 11.0. The Balaban J connectivity index is 2.26. The second-order valence-corrected chi connectivity index (χ2v) is 9.18. The third-order valence-corrected chi connectivity index (χ3v) is 6.85. The van der Waals surface area contributed by atoms with Crippen molar-refractivity contribution in [1.82, 2.24) is 0 Å². The highest BCUT2D eigenvalue weighted by Crippen LogP contribution is 2.50. The van der Waals surface area contributed by atoms with Crippen molar-refractivity contribution in [3.63, 3.8) is 0 Å². The first-order valence-corrected chi connectivity index (χ1v) is 11.3. The molecule has 0 aliphatic carbocycles. The van der Waals surface area contributed by atoms with Crippen molar-refractivity contribution in [3.8, 4) is 11.5 Å². The van der Waals surface area contributed by atoms with E-state index in [4.69, 9.17) is 46.4 Å². The minimum absolute atomic E-state index is 0.0490. The van der Waals surface area contributed by atoms with E-state index in [1.807, 2.05) is 0 Å². The number of aromatic hydroxyl groups is 2. The third kappa shape index (κ3) is 4.42. The zero-order chi connectivity index (χ0) is 24.0. The fraction of sp³-hybridized carbons (Fsp3) is 0.0556. The molecule has 0 fully saturated rings. The van der Waals surface area contributed by atoms with Crippen LogP contribution in [0.3, 0.4) is 0 Å². The molecule has 32 heavy (non-hydrogen) atoms. The number of phenolic OH excluding ortho intramolecular Hbond substituents is 2. The van der Waals surface area contributed by atoms with E-state index in [0.29, 0.717) is 0 Å². The molecule has 4 N–H and O–H groups in total. The zero-order valence-corrected chi connectivity index (χ0v) is 19.5. The number of carbonyl (C=O) groups excluding carboxylic acids is 1. The Kier molecular flexibility index (Phi) is 6.75. The number of hydrogen-bond acceptors (Lipinski definition) is 7. The average Bonchev–Trinajstić information content (AvgIpc) is 2.71. The fourth-order valence-corrected chi connectivity index (χ4v) is 4.35. The van der Waals surface area contributed by atoms with E-state index >= 15 is 0 Å². The highest BCUT2D eigenvalue weighted by molar-refractivity contribution is 7.86. The highest BCUT2D eigenvalue weighted by Gasteiger charge is 2.22. The second kappa shape index (κ2) is 8.89. The Morgan fingerprint density at radius 3 is 2.12 bits per heavy atom. The predicted molar refractivity (Wildman–Crippen MR) is 122 cm³/mol. The lowest BCUT2D eigenvalue weighted by atomic mass is 10.1. The molecule has 3 rings (SSSR count). The van der Waals surface area contributed by atoms with Crippen LogP contribution in [0.25, 0.3) is 10.8 Å². The number of benzene rings is 3. The first-order chi connectivity index (χ1) is 14.8. The maximum Gasteiger partial charge on any atom is 0.295 e. The van der Waals surface area contributed by atoms with E-state index in [1.165, 1.54) is 25.1 Å². The number of halogens is 4. The number of anilines is 1. The monoisotopic (exact) mass is 537 g/mol. The molecule has 0 saturated carbocycles. The van der Waals surface area contributed by atoms with Gasteiger partial charge in [-0.3, -0.25) is 9.35 Å². The van der Waals surface area contributed by atoms with Crippen molar-refractivity contribution in [2.75, 3.05) is 5.32 Å². The standard InChI is InChI=1S/C18H11Cl4N3O6S/c1-6(26)23-8-4-5-10(32(29,30)31)7-2-3-9(17(27)11(7)8)24-25-16-14(21)12(19)13(20)15(22)18(16)28/h2-5,27-28H,1H3,(H,23,26)(H,29,30,31). The van der Waals surface area contributed by atoms with Gasteiger partial charge in [0.05, 0.1) is 26.1 Å². The smallest absolute Gasteiger partial charge is 0.295 e. The maximum absolute atomic E-state index is 11.7. The average molecular weight is 539 g/mol. The number of nitrogens with zero attached hydrogens (tertiary/aromatic N) is 2. The number of phenols is 2. The third-order valence-electron chi connectivity index (χ3n) is 4.16. The van der Waals surface area contributed by atoms with Crippen LogP contribution in [0.15, 0.2) is 39.4 Å². The van der Waals surface area contributed by atoms with Crippen LogP contribution in [-0.4, -0.2) is 29.1 Å². The van der Waals surface area contributed by atoms with Gasteiger partial charge >= 0.3 is 0 Å². The van der Waals surface area contributed by atoms with Gasteiger partial charge in [-0.2, -0.15) is 8.42 Å². The molecule has 0 bridgehead atoms. The largest absolute Gasteiger partial charge is 0.505 e. The zero-order valence-electron chi connectivity index (χ0n) is 15.7. The Morgan fingerprint density at radius 1 is 0.906 bits per heavy atom. The molecule has 0 spiro atoms. The van der Waals surface area contributed by atoms with E-state index in [0.717, 1.165) is 6.07 Å². The highest BCUT2D eigenvalue weighted by atomic mass is 35.5. The topological polar surface area (TPSA) is 149 Å². The van der Waals surface area contributed by atoms with E-state index in [1.54, 1.807) is 0 Å². The van der Waals surface area contributed by atoms with Gasteiger partial charge in [0, 0.05) is 12.3 Å². The lowest BCUT2D eigenvalue weighted by Gasteiger charge is -2.13. The van der Waals surface area contributed by atoms with Gasteiger partial charge in [-0.15, -0.1) is 10.2 Å². The molecule has 3 aromatic rings. The summed E-state index contributed by atoms with van der Waals surface area (Å²) in [6, 6.07) is 4.69. The molecule has 14 heteroatoms. The summed E-state index contributed by atoms with van der Waals surface area (Å²) in [5.41, 5.74) is -0.485. The first-order valence-electron chi connectivity index (χ1n) is 8.35. The van der Waals surface area contributed by atoms with Gasteiger partial charge in [-0.25, -0.2) is 0 Å². The summed E-state index contributed by atoms with van der Waals surface area (Å²) in [5, 5.41) is 29.8. The summed E-state index contributed by atoms with van der Waals surface area (Å²) < 4.78 is 32.9. The molecule has 0 aromatic heterocycles. The number of amides is 1. The molecule has 0 aliphatic rings. The van der Waals surface area contributed by atoms with Gasteiger partial charge in [0.1, 0.15) is 21.3 Å². The van der Waals surface area contributed by atoms with E-state index in [-0.39, 0.29) is 47.9 Å². The van der Waals surface area contributed by atoms with Gasteiger partial charge in [-0.1, -0.05) is 52.5 Å².